The summed E-state index contributed by atoms with van der Waals surface area (Å²) < 4.78 is 0. The molecule has 0 bridgehead atoms. The monoisotopic (exact) mass is 238 g/mol. The minimum atomic E-state index is 0.802. The fourth-order valence-electron chi connectivity index (χ4n) is 2.29. The molecule has 1 aromatic carbocycles. The van der Waals surface area contributed by atoms with Crippen LogP contribution >= 0.6 is 11.6 Å². The van der Waals surface area contributed by atoms with Crippen molar-refractivity contribution in [1.29, 1.82) is 0 Å². The van der Waals surface area contributed by atoms with Crippen molar-refractivity contribution in [1.82, 2.24) is 4.90 Å². The van der Waals surface area contributed by atoms with Crippen molar-refractivity contribution in [2.45, 2.75) is 25.8 Å². The molecule has 1 heterocycles. The topological polar surface area (TPSA) is 29.3 Å². The summed E-state index contributed by atoms with van der Waals surface area (Å²) in [6, 6.07) is 6.23. The SMILES string of the molecule is NCCCCN1CCc2c(Cl)cccc2C1. The lowest BCUT2D eigenvalue weighted by atomic mass is 9.99. The molecule has 2 N–H and O–H groups in total. The van der Waals surface area contributed by atoms with Crippen LogP contribution in [0.3, 0.4) is 0 Å². The number of fused-ring (bicyclic) bond motifs is 1. The van der Waals surface area contributed by atoms with E-state index in [1.807, 2.05) is 12.1 Å². The summed E-state index contributed by atoms with van der Waals surface area (Å²) in [6.45, 7) is 4.13. The molecular weight excluding hydrogens is 220 g/mol. The maximum Gasteiger partial charge on any atom is 0.0441 e. The van der Waals surface area contributed by atoms with Gasteiger partial charge in [-0.1, -0.05) is 23.7 Å². The Morgan fingerprint density at radius 3 is 3.00 bits per heavy atom. The molecule has 16 heavy (non-hydrogen) atoms. The summed E-state index contributed by atoms with van der Waals surface area (Å²) in [5.74, 6) is 0. The van der Waals surface area contributed by atoms with Crippen LogP contribution in [0.25, 0.3) is 0 Å². The Hall–Kier alpha value is -0.570. The first kappa shape index (κ1) is 11.9. The molecule has 0 spiro atoms. The van der Waals surface area contributed by atoms with E-state index in [4.69, 9.17) is 17.3 Å². The zero-order valence-electron chi connectivity index (χ0n) is 9.58. The second-order valence-electron chi connectivity index (χ2n) is 4.40. The number of nitrogens with zero attached hydrogens (tertiary/aromatic N) is 1. The molecule has 2 nitrogen and oxygen atoms in total. The minimum absolute atomic E-state index is 0.802. The zero-order valence-corrected chi connectivity index (χ0v) is 10.3. The maximum atomic E-state index is 6.18. The molecule has 1 aliphatic rings. The summed E-state index contributed by atoms with van der Waals surface area (Å²) in [5, 5.41) is 0.930. The standard InChI is InChI=1S/C13H19ClN2/c14-13-5-3-4-11-10-16(8-2-1-7-15)9-6-12(11)13/h3-5H,1-2,6-10,15H2. The van der Waals surface area contributed by atoms with Crippen molar-refractivity contribution in [3.05, 3.63) is 34.3 Å². The Labute approximate surface area is 102 Å². The van der Waals surface area contributed by atoms with Crippen LogP contribution in [0.1, 0.15) is 24.0 Å². The molecular formula is C13H19ClN2. The van der Waals surface area contributed by atoms with Gasteiger partial charge in [-0.25, -0.2) is 0 Å². The molecule has 0 radical (unpaired) electrons. The van der Waals surface area contributed by atoms with Crippen molar-refractivity contribution >= 4 is 11.6 Å². The Morgan fingerprint density at radius 2 is 2.19 bits per heavy atom. The van der Waals surface area contributed by atoms with Crippen molar-refractivity contribution in [3.63, 3.8) is 0 Å². The van der Waals surface area contributed by atoms with E-state index in [-0.39, 0.29) is 0 Å². The van der Waals surface area contributed by atoms with Crippen LogP contribution in [0.4, 0.5) is 0 Å². The quantitative estimate of drug-likeness (QED) is 0.817. The predicted octanol–water partition coefficient (Wildman–Crippen LogP) is 2.44. The molecule has 88 valence electrons. The summed E-state index contributed by atoms with van der Waals surface area (Å²) in [6.07, 6.45) is 3.41. The lowest BCUT2D eigenvalue weighted by Gasteiger charge is -2.29. The summed E-state index contributed by atoms with van der Waals surface area (Å²) in [5.41, 5.74) is 8.25. The van der Waals surface area contributed by atoms with E-state index in [1.165, 1.54) is 17.5 Å². The van der Waals surface area contributed by atoms with Gasteiger partial charge >= 0.3 is 0 Å². The smallest absolute Gasteiger partial charge is 0.0441 e. The fraction of sp³-hybridized carbons (Fsp3) is 0.538. The number of benzene rings is 1. The molecule has 0 unspecified atom stereocenters. The third-order valence-electron chi connectivity index (χ3n) is 3.22. The molecule has 1 aromatic rings. The Kier molecular flexibility index (Phi) is 4.22. The van der Waals surface area contributed by atoms with Crippen LogP contribution < -0.4 is 5.73 Å². The number of halogens is 1. The second-order valence-corrected chi connectivity index (χ2v) is 4.81. The van der Waals surface area contributed by atoms with Gasteiger partial charge in [0.15, 0.2) is 0 Å². The number of nitrogens with two attached hydrogens (primary N) is 1. The van der Waals surface area contributed by atoms with Crippen LogP contribution in [-0.2, 0) is 13.0 Å². The maximum absolute atomic E-state index is 6.18. The van der Waals surface area contributed by atoms with Gasteiger partial charge in [-0.2, -0.15) is 0 Å². The van der Waals surface area contributed by atoms with Gasteiger partial charge in [0.05, 0.1) is 0 Å². The van der Waals surface area contributed by atoms with E-state index < -0.39 is 0 Å². The molecule has 0 saturated heterocycles. The Bertz CT molecular complexity index is 352. The highest BCUT2D eigenvalue weighted by molar-refractivity contribution is 6.31. The van der Waals surface area contributed by atoms with Gasteiger partial charge in [-0.15, -0.1) is 0 Å². The van der Waals surface area contributed by atoms with E-state index >= 15 is 0 Å². The van der Waals surface area contributed by atoms with E-state index in [9.17, 15) is 0 Å². The fourth-order valence-corrected chi connectivity index (χ4v) is 2.58. The highest BCUT2D eigenvalue weighted by Crippen LogP contribution is 2.25. The second kappa shape index (κ2) is 5.67. The van der Waals surface area contributed by atoms with Crippen LogP contribution in [-0.4, -0.2) is 24.5 Å². The van der Waals surface area contributed by atoms with Gasteiger partial charge in [0.1, 0.15) is 0 Å². The number of hydrogen-bond donors (Lipinski definition) is 1. The molecule has 0 aliphatic carbocycles. The van der Waals surface area contributed by atoms with Crippen LogP contribution in [0.2, 0.25) is 5.02 Å². The Balaban J connectivity index is 1.96. The van der Waals surface area contributed by atoms with Gasteiger partial charge in [0, 0.05) is 18.1 Å². The average molecular weight is 239 g/mol. The first-order valence-corrected chi connectivity index (χ1v) is 6.38. The molecule has 1 aliphatic heterocycles. The molecule has 0 aromatic heterocycles. The minimum Gasteiger partial charge on any atom is -0.330 e. The van der Waals surface area contributed by atoms with Gasteiger partial charge in [0.25, 0.3) is 0 Å². The van der Waals surface area contributed by atoms with Crippen molar-refractivity contribution < 1.29 is 0 Å². The van der Waals surface area contributed by atoms with Gasteiger partial charge < -0.3 is 5.73 Å². The molecule has 3 heteroatoms. The third kappa shape index (κ3) is 2.76. The number of hydrogen-bond acceptors (Lipinski definition) is 2. The largest absolute Gasteiger partial charge is 0.330 e. The van der Waals surface area contributed by atoms with Gasteiger partial charge in [-0.3, -0.25) is 4.90 Å². The van der Waals surface area contributed by atoms with Crippen LogP contribution in [0.5, 0.6) is 0 Å². The van der Waals surface area contributed by atoms with E-state index in [0.717, 1.165) is 44.0 Å². The molecule has 0 amide bonds. The van der Waals surface area contributed by atoms with Crippen LogP contribution in [0, 0.1) is 0 Å². The normalized spacial score (nSPS) is 16.1. The molecule has 2 rings (SSSR count). The third-order valence-corrected chi connectivity index (χ3v) is 3.57. The molecule has 0 atom stereocenters. The van der Waals surface area contributed by atoms with E-state index in [1.54, 1.807) is 0 Å². The van der Waals surface area contributed by atoms with Crippen LogP contribution in [0.15, 0.2) is 18.2 Å². The number of rotatable bonds is 4. The Morgan fingerprint density at radius 1 is 1.31 bits per heavy atom. The average Bonchev–Trinajstić information content (AvgIpc) is 2.30. The van der Waals surface area contributed by atoms with Crippen molar-refractivity contribution in [3.8, 4) is 0 Å². The predicted molar refractivity (Wildman–Crippen MR) is 68.7 cm³/mol. The van der Waals surface area contributed by atoms with Gasteiger partial charge in [0.2, 0.25) is 0 Å². The molecule has 0 fully saturated rings. The lowest BCUT2D eigenvalue weighted by Crippen LogP contribution is -2.31. The zero-order chi connectivity index (χ0) is 11.4. The highest BCUT2D eigenvalue weighted by Gasteiger charge is 2.17. The van der Waals surface area contributed by atoms with E-state index in [2.05, 4.69) is 11.0 Å². The summed E-state index contributed by atoms with van der Waals surface area (Å²) in [4.78, 5) is 2.49. The van der Waals surface area contributed by atoms with Crippen molar-refractivity contribution in [2.24, 2.45) is 5.73 Å². The summed E-state index contributed by atoms with van der Waals surface area (Å²) >= 11 is 6.18. The van der Waals surface area contributed by atoms with E-state index in [0.29, 0.717) is 0 Å². The number of unbranched alkanes of at least 4 members (excludes halogenated alkanes) is 1. The summed E-state index contributed by atoms with van der Waals surface area (Å²) in [7, 11) is 0. The van der Waals surface area contributed by atoms with Gasteiger partial charge in [-0.05, 0) is 49.5 Å². The first-order chi connectivity index (χ1) is 7.81. The lowest BCUT2D eigenvalue weighted by molar-refractivity contribution is 0.249. The highest BCUT2D eigenvalue weighted by atomic mass is 35.5. The first-order valence-electron chi connectivity index (χ1n) is 6.00. The van der Waals surface area contributed by atoms with Crippen molar-refractivity contribution in [2.75, 3.05) is 19.6 Å². The molecule has 0 saturated carbocycles.